The molecule has 0 aromatic heterocycles. The highest BCUT2D eigenvalue weighted by atomic mass is 16.5. The number of hydrogen-bond acceptors (Lipinski definition) is 3. The van der Waals surface area contributed by atoms with Crippen molar-refractivity contribution in [2.45, 2.75) is 33.8 Å². The van der Waals surface area contributed by atoms with Crippen LogP contribution in [0.4, 0.5) is 0 Å². The lowest BCUT2D eigenvalue weighted by atomic mass is 10.1. The van der Waals surface area contributed by atoms with Gasteiger partial charge in [-0.15, -0.1) is 0 Å². The van der Waals surface area contributed by atoms with E-state index in [-0.39, 0.29) is 17.9 Å². The molecular formula is C12H26N2O2. The zero-order valence-electron chi connectivity index (χ0n) is 11.2. The van der Waals surface area contributed by atoms with Gasteiger partial charge in [-0.05, 0) is 20.4 Å². The average molecular weight is 230 g/mol. The molecule has 0 saturated heterocycles. The predicted octanol–water partition coefficient (Wildman–Crippen LogP) is 1.12. The fraction of sp³-hybridized carbons (Fsp3) is 0.917. The summed E-state index contributed by atoms with van der Waals surface area (Å²) in [7, 11) is 1.83. The average Bonchev–Trinajstić information content (AvgIpc) is 2.24. The Labute approximate surface area is 99.3 Å². The van der Waals surface area contributed by atoms with Crippen LogP contribution in [0.25, 0.3) is 0 Å². The lowest BCUT2D eigenvalue weighted by molar-refractivity contribution is -0.134. The summed E-state index contributed by atoms with van der Waals surface area (Å²) >= 11 is 0. The smallest absolute Gasteiger partial charge is 0.226 e. The van der Waals surface area contributed by atoms with Gasteiger partial charge in [0.2, 0.25) is 5.91 Å². The molecule has 0 aliphatic carbocycles. The van der Waals surface area contributed by atoms with E-state index in [0.717, 1.165) is 13.1 Å². The molecule has 0 aliphatic rings. The Bertz CT molecular complexity index is 195. The molecule has 96 valence electrons. The highest BCUT2D eigenvalue weighted by Crippen LogP contribution is 2.00. The summed E-state index contributed by atoms with van der Waals surface area (Å²) in [5, 5.41) is 3.18. The number of carbonyl (C=O) groups is 1. The molecule has 0 bridgehead atoms. The van der Waals surface area contributed by atoms with Crippen molar-refractivity contribution in [3.63, 3.8) is 0 Å². The summed E-state index contributed by atoms with van der Waals surface area (Å²) in [6, 6.07) is 0. The zero-order valence-corrected chi connectivity index (χ0v) is 11.2. The molecule has 0 aromatic carbocycles. The Morgan fingerprint density at radius 1 is 1.38 bits per heavy atom. The van der Waals surface area contributed by atoms with Gasteiger partial charge in [0.15, 0.2) is 0 Å². The summed E-state index contributed by atoms with van der Waals surface area (Å²) in [6.45, 7) is 10.9. The number of nitrogens with zero attached hydrogens (tertiary/aromatic N) is 1. The van der Waals surface area contributed by atoms with Crippen molar-refractivity contribution in [3.05, 3.63) is 0 Å². The van der Waals surface area contributed by atoms with Gasteiger partial charge in [0.05, 0.1) is 12.7 Å². The third-order valence-electron chi connectivity index (χ3n) is 2.38. The van der Waals surface area contributed by atoms with E-state index in [9.17, 15) is 4.79 Å². The molecule has 0 fully saturated rings. The third kappa shape index (κ3) is 6.80. The number of amides is 1. The first-order valence-electron chi connectivity index (χ1n) is 6.06. The van der Waals surface area contributed by atoms with Gasteiger partial charge in [0.25, 0.3) is 0 Å². The van der Waals surface area contributed by atoms with Crippen LogP contribution in [0.5, 0.6) is 0 Å². The largest absolute Gasteiger partial charge is 0.377 e. The van der Waals surface area contributed by atoms with Gasteiger partial charge in [-0.1, -0.05) is 13.8 Å². The van der Waals surface area contributed by atoms with E-state index < -0.39 is 0 Å². The van der Waals surface area contributed by atoms with E-state index in [1.807, 2.05) is 34.7 Å². The zero-order chi connectivity index (χ0) is 12.6. The number of nitrogens with one attached hydrogen (secondary N) is 1. The van der Waals surface area contributed by atoms with Crippen molar-refractivity contribution in [2.24, 2.45) is 5.92 Å². The molecule has 4 heteroatoms. The molecule has 4 nitrogen and oxygen atoms in total. The van der Waals surface area contributed by atoms with Crippen LogP contribution in [0.3, 0.4) is 0 Å². The first-order chi connectivity index (χ1) is 7.49. The van der Waals surface area contributed by atoms with Crippen molar-refractivity contribution in [3.8, 4) is 0 Å². The van der Waals surface area contributed by atoms with E-state index in [4.69, 9.17) is 4.74 Å². The normalized spacial score (nSPS) is 12.9. The maximum Gasteiger partial charge on any atom is 0.226 e. The van der Waals surface area contributed by atoms with Crippen LogP contribution < -0.4 is 5.32 Å². The molecule has 0 heterocycles. The van der Waals surface area contributed by atoms with E-state index in [1.165, 1.54) is 0 Å². The van der Waals surface area contributed by atoms with Crippen LogP contribution in [0, 0.1) is 5.92 Å². The van der Waals surface area contributed by atoms with Crippen molar-refractivity contribution in [1.29, 1.82) is 0 Å². The highest BCUT2D eigenvalue weighted by molar-refractivity contribution is 5.78. The first-order valence-corrected chi connectivity index (χ1v) is 6.06. The van der Waals surface area contributed by atoms with Crippen LogP contribution in [-0.2, 0) is 9.53 Å². The molecule has 1 amide bonds. The second kappa shape index (κ2) is 8.53. The molecule has 0 saturated carbocycles. The Hall–Kier alpha value is -0.610. The monoisotopic (exact) mass is 230 g/mol. The lowest BCUT2D eigenvalue weighted by Crippen LogP contribution is -2.38. The minimum absolute atomic E-state index is 0.0315. The SMILES string of the molecule is CCNCC(C)C(=O)N(C)CCOC(C)C. The summed E-state index contributed by atoms with van der Waals surface area (Å²) in [5.41, 5.74) is 0. The quantitative estimate of drug-likeness (QED) is 0.679. The molecule has 0 spiro atoms. The summed E-state index contributed by atoms with van der Waals surface area (Å²) < 4.78 is 5.41. The minimum Gasteiger partial charge on any atom is -0.377 e. The summed E-state index contributed by atoms with van der Waals surface area (Å²) in [6.07, 6.45) is 0.225. The van der Waals surface area contributed by atoms with E-state index in [2.05, 4.69) is 5.32 Å². The predicted molar refractivity (Wildman–Crippen MR) is 66.4 cm³/mol. The van der Waals surface area contributed by atoms with Gasteiger partial charge in [-0.25, -0.2) is 0 Å². The molecule has 1 N–H and O–H groups in total. The van der Waals surface area contributed by atoms with Crippen molar-refractivity contribution < 1.29 is 9.53 Å². The maximum absolute atomic E-state index is 11.9. The van der Waals surface area contributed by atoms with Crippen molar-refractivity contribution >= 4 is 5.91 Å². The summed E-state index contributed by atoms with van der Waals surface area (Å²) in [4.78, 5) is 13.6. The second-order valence-corrected chi connectivity index (χ2v) is 4.39. The number of likely N-dealkylation sites (N-methyl/N-ethyl adjacent to an activating group) is 1. The molecule has 0 rings (SSSR count). The van der Waals surface area contributed by atoms with Gasteiger partial charge in [0, 0.05) is 26.1 Å². The Morgan fingerprint density at radius 3 is 2.50 bits per heavy atom. The topological polar surface area (TPSA) is 41.6 Å². The number of ether oxygens (including phenoxy) is 1. The molecule has 0 aliphatic heterocycles. The Balaban J connectivity index is 3.79. The Morgan fingerprint density at radius 2 is 2.00 bits per heavy atom. The number of carbonyl (C=O) groups excluding carboxylic acids is 1. The van der Waals surface area contributed by atoms with Gasteiger partial charge in [-0.3, -0.25) is 4.79 Å². The molecular weight excluding hydrogens is 204 g/mol. The van der Waals surface area contributed by atoms with E-state index in [0.29, 0.717) is 13.2 Å². The number of rotatable bonds is 8. The van der Waals surface area contributed by atoms with Gasteiger partial charge in [0.1, 0.15) is 0 Å². The lowest BCUT2D eigenvalue weighted by Gasteiger charge is -2.22. The highest BCUT2D eigenvalue weighted by Gasteiger charge is 2.16. The second-order valence-electron chi connectivity index (χ2n) is 4.39. The van der Waals surface area contributed by atoms with E-state index in [1.54, 1.807) is 4.90 Å². The fourth-order valence-electron chi connectivity index (χ4n) is 1.36. The molecule has 1 unspecified atom stereocenters. The van der Waals surface area contributed by atoms with Crippen molar-refractivity contribution in [1.82, 2.24) is 10.2 Å². The standard InChI is InChI=1S/C12H26N2O2/c1-6-13-9-11(4)12(15)14(5)7-8-16-10(2)3/h10-11,13H,6-9H2,1-5H3. The van der Waals surface area contributed by atoms with E-state index >= 15 is 0 Å². The van der Waals surface area contributed by atoms with Crippen molar-refractivity contribution in [2.75, 3.05) is 33.3 Å². The van der Waals surface area contributed by atoms with Gasteiger partial charge < -0.3 is 15.0 Å². The van der Waals surface area contributed by atoms with Crippen LogP contribution in [0.2, 0.25) is 0 Å². The minimum atomic E-state index is 0.0315. The molecule has 16 heavy (non-hydrogen) atoms. The molecule has 0 radical (unpaired) electrons. The number of hydrogen-bond donors (Lipinski definition) is 1. The summed E-state index contributed by atoms with van der Waals surface area (Å²) in [5.74, 6) is 0.206. The van der Waals surface area contributed by atoms with Crippen LogP contribution in [0.15, 0.2) is 0 Å². The van der Waals surface area contributed by atoms with Crippen LogP contribution in [0.1, 0.15) is 27.7 Å². The van der Waals surface area contributed by atoms with Gasteiger partial charge in [-0.2, -0.15) is 0 Å². The first kappa shape index (κ1) is 15.4. The molecule has 1 atom stereocenters. The Kier molecular flexibility index (Phi) is 8.21. The van der Waals surface area contributed by atoms with Crippen LogP contribution in [-0.4, -0.2) is 50.2 Å². The fourth-order valence-corrected chi connectivity index (χ4v) is 1.36. The maximum atomic E-state index is 11.9. The molecule has 0 aromatic rings. The van der Waals surface area contributed by atoms with Gasteiger partial charge >= 0.3 is 0 Å². The third-order valence-corrected chi connectivity index (χ3v) is 2.38. The van der Waals surface area contributed by atoms with Crippen LogP contribution >= 0.6 is 0 Å².